The maximum atomic E-state index is 13.2. The molecule has 0 saturated heterocycles. The first-order chi connectivity index (χ1) is 13.6. The van der Waals surface area contributed by atoms with Crippen molar-refractivity contribution in [2.45, 2.75) is 26.4 Å². The van der Waals surface area contributed by atoms with Gasteiger partial charge in [-0.05, 0) is 38.1 Å². The van der Waals surface area contributed by atoms with Gasteiger partial charge in [-0.2, -0.15) is 5.10 Å². The zero-order valence-electron chi connectivity index (χ0n) is 15.8. The molecule has 2 aromatic carbocycles. The average Bonchev–Trinajstić information content (AvgIpc) is 3.31. The average molecular weight is 372 g/mol. The summed E-state index contributed by atoms with van der Waals surface area (Å²) in [6.45, 7) is 5.16. The van der Waals surface area contributed by atoms with E-state index in [0.29, 0.717) is 24.5 Å². The molecule has 0 saturated carbocycles. The standard InChI is InChI=1S/C22H20N4O2/c1-14-12-18-13-17(8-9-19(18)28-14)22(27)25-10-11-26-21(15(25)2)23-20(24-26)16-6-4-3-5-7-16/h3-9,12-13,15H,10-11H2,1-2H3/t15-/m0/s1. The molecule has 3 heterocycles. The second-order valence-corrected chi connectivity index (χ2v) is 7.17. The molecule has 0 aliphatic carbocycles. The highest BCUT2D eigenvalue weighted by Gasteiger charge is 2.31. The van der Waals surface area contributed by atoms with E-state index in [2.05, 4.69) is 5.10 Å². The highest BCUT2D eigenvalue weighted by Crippen LogP contribution is 2.28. The molecule has 0 spiro atoms. The van der Waals surface area contributed by atoms with Gasteiger partial charge in [0, 0.05) is 23.1 Å². The Kier molecular flexibility index (Phi) is 3.79. The zero-order chi connectivity index (χ0) is 19.3. The second-order valence-electron chi connectivity index (χ2n) is 7.17. The van der Waals surface area contributed by atoms with E-state index in [1.54, 1.807) is 0 Å². The van der Waals surface area contributed by atoms with Crippen LogP contribution in [0.1, 0.15) is 34.9 Å². The number of furan rings is 1. The molecule has 1 atom stereocenters. The molecule has 0 radical (unpaired) electrons. The first kappa shape index (κ1) is 16.7. The van der Waals surface area contributed by atoms with Crippen LogP contribution in [-0.4, -0.2) is 32.1 Å². The summed E-state index contributed by atoms with van der Waals surface area (Å²) in [6.07, 6.45) is 0. The minimum absolute atomic E-state index is 0.00349. The van der Waals surface area contributed by atoms with Crippen molar-refractivity contribution in [1.29, 1.82) is 0 Å². The fourth-order valence-corrected chi connectivity index (χ4v) is 3.83. The highest BCUT2D eigenvalue weighted by atomic mass is 16.3. The summed E-state index contributed by atoms with van der Waals surface area (Å²) >= 11 is 0. The molecule has 28 heavy (non-hydrogen) atoms. The van der Waals surface area contributed by atoms with Crippen molar-refractivity contribution in [2.75, 3.05) is 6.54 Å². The van der Waals surface area contributed by atoms with Crippen molar-refractivity contribution in [3.8, 4) is 11.4 Å². The van der Waals surface area contributed by atoms with Gasteiger partial charge in [-0.3, -0.25) is 4.79 Å². The third kappa shape index (κ3) is 2.69. The summed E-state index contributed by atoms with van der Waals surface area (Å²) in [5, 5.41) is 5.58. The van der Waals surface area contributed by atoms with Crippen LogP contribution < -0.4 is 0 Å². The molecule has 2 aromatic heterocycles. The first-order valence-electron chi connectivity index (χ1n) is 9.41. The normalized spacial score (nSPS) is 16.4. The molecular formula is C22H20N4O2. The molecule has 0 N–H and O–H groups in total. The maximum Gasteiger partial charge on any atom is 0.254 e. The van der Waals surface area contributed by atoms with E-state index in [-0.39, 0.29) is 11.9 Å². The minimum Gasteiger partial charge on any atom is -0.461 e. The number of hydrogen-bond acceptors (Lipinski definition) is 4. The Balaban J connectivity index is 1.45. The van der Waals surface area contributed by atoms with E-state index in [0.717, 1.165) is 28.1 Å². The SMILES string of the molecule is Cc1cc2cc(C(=O)N3CCn4nc(-c5ccccc5)nc4[C@@H]3C)ccc2o1. The molecule has 4 aromatic rings. The third-order valence-electron chi connectivity index (χ3n) is 5.27. The molecule has 140 valence electrons. The number of carbonyl (C=O) groups is 1. The van der Waals surface area contributed by atoms with Gasteiger partial charge in [0.25, 0.3) is 5.91 Å². The van der Waals surface area contributed by atoms with Crippen molar-refractivity contribution in [2.24, 2.45) is 0 Å². The summed E-state index contributed by atoms with van der Waals surface area (Å²) in [5.74, 6) is 2.36. The Morgan fingerprint density at radius 2 is 1.93 bits per heavy atom. The Labute approximate surface area is 162 Å². The van der Waals surface area contributed by atoms with Gasteiger partial charge in [-0.15, -0.1) is 0 Å². The maximum absolute atomic E-state index is 13.2. The molecule has 6 heteroatoms. The van der Waals surface area contributed by atoms with Crippen molar-refractivity contribution < 1.29 is 9.21 Å². The van der Waals surface area contributed by atoms with Gasteiger partial charge in [0.15, 0.2) is 5.82 Å². The summed E-state index contributed by atoms with van der Waals surface area (Å²) < 4.78 is 7.53. The van der Waals surface area contributed by atoms with E-state index >= 15 is 0 Å². The molecule has 1 aliphatic rings. The van der Waals surface area contributed by atoms with Crippen LogP contribution in [0.15, 0.2) is 59.0 Å². The topological polar surface area (TPSA) is 64.2 Å². The number of hydrogen-bond donors (Lipinski definition) is 0. The quantitative estimate of drug-likeness (QED) is 0.529. The summed E-state index contributed by atoms with van der Waals surface area (Å²) in [4.78, 5) is 19.8. The number of rotatable bonds is 2. The minimum atomic E-state index is -0.145. The van der Waals surface area contributed by atoms with Crippen LogP contribution >= 0.6 is 0 Å². The smallest absolute Gasteiger partial charge is 0.254 e. The van der Waals surface area contributed by atoms with Crippen LogP contribution in [0.4, 0.5) is 0 Å². The number of carbonyl (C=O) groups excluding carboxylic acids is 1. The van der Waals surface area contributed by atoms with Crippen LogP contribution in [0, 0.1) is 6.92 Å². The Hall–Kier alpha value is -3.41. The molecule has 1 aliphatic heterocycles. The highest BCUT2D eigenvalue weighted by molar-refractivity contribution is 5.98. The number of aryl methyl sites for hydroxylation is 1. The fraction of sp³-hybridized carbons (Fsp3) is 0.227. The summed E-state index contributed by atoms with van der Waals surface area (Å²) in [6, 6.07) is 17.3. The van der Waals surface area contributed by atoms with Gasteiger partial charge in [-0.1, -0.05) is 30.3 Å². The van der Waals surface area contributed by atoms with Crippen molar-refractivity contribution >= 4 is 16.9 Å². The predicted molar refractivity (Wildman–Crippen MR) is 106 cm³/mol. The largest absolute Gasteiger partial charge is 0.461 e. The number of benzene rings is 2. The Morgan fingerprint density at radius 3 is 2.75 bits per heavy atom. The van der Waals surface area contributed by atoms with Crippen molar-refractivity contribution in [3.05, 3.63) is 71.7 Å². The van der Waals surface area contributed by atoms with Crippen LogP contribution in [0.5, 0.6) is 0 Å². The number of amides is 1. The van der Waals surface area contributed by atoms with Gasteiger partial charge in [0.2, 0.25) is 0 Å². The molecule has 6 nitrogen and oxygen atoms in total. The lowest BCUT2D eigenvalue weighted by Gasteiger charge is -2.33. The van der Waals surface area contributed by atoms with Gasteiger partial charge < -0.3 is 9.32 Å². The molecule has 0 bridgehead atoms. The number of aromatic nitrogens is 3. The van der Waals surface area contributed by atoms with E-state index in [9.17, 15) is 4.79 Å². The monoisotopic (exact) mass is 372 g/mol. The van der Waals surface area contributed by atoms with Crippen molar-refractivity contribution in [1.82, 2.24) is 19.7 Å². The van der Waals surface area contributed by atoms with E-state index in [1.807, 2.05) is 78.0 Å². The summed E-state index contributed by atoms with van der Waals surface area (Å²) in [7, 11) is 0. The van der Waals surface area contributed by atoms with E-state index in [4.69, 9.17) is 9.40 Å². The number of nitrogens with zero attached hydrogens (tertiary/aromatic N) is 4. The molecule has 1 amide bonds. The van der Waals surface area contributed by atoms with E-state index < -0.39 is 0 Å². The first-order valence-corrected chi connectivity index (χ1v) is 9.41. The van der Waals surface area contributed by atoms with Gasteiger partial charge in [-0.25, -0.2) is 9.67 Å². The van der Waals surface area contributed by atoms with Gasteiger partial charge in [0.05, 0.1) is 12.6 Å². The van der Waals surface area contributed by atoms with E-state index in [1.165, 1.54) is 0 Å². The van der Waals surface area contributed by atoms with Crippen LogP contribution in [0.2, 0.25) is 0 Å². The second kappa shape index (κ2) is 6.34. The van der Waals surface area contributed by atoms with Crippen LogP contribution in [0.3, 0.4) is 0 Å². The molecule has 5 rings (SSSR count). The molecule has 0 fully saturated rings. The lowest BCUT2D eigenvalue weighted by atomic mass is 10.1. The van der Waals surface area contributed by atoms with Crippen molar-refractivity contribution in [3.63, 3.8) is 0 Å². The Morgan fingerprint density at radius 1 is 1.11 bits per heavy atom. The van der Waals surface area contributed by atoms with Gasteiger partial charge in [0.1, 0.15) is 17.2 Å². The Bertz CT molecular complexity index is 1180. The third-order valence-corrected chi connectivity index (χ3v) is 5.27. The molecule has 0 unspecified atom stereocenters. The number of fused-ring (bicyclic) bond motifs is 2. The molecular weight excluding hydrogens is 352 g/mol. The van der Waals surface area contributed by atoms with Crippen LogP contribution in [-0.2, 0) is 6.54 Å². The fourth-order valence-electron chi connectivity index (χ4n) is 3.83. The predicted octanol–water partition coefficient (Wildman–Crippen LogP) is 4.22. The van der Waals surface area contributed by atoms with Crippen LogP contribution in [0.25, 0.3) is 22.4 Å². The van der Waals surface area contributed by atoms with Gasteiger partial charge >= 0.3 is 0 Å². The lowest BCUT2D eigenvalue weighted by Crippen LogP contribution is -2.41. The zero-order valence-corrected chi connectivity index (χ0v) is 15.8. The summed E-state index contributed by atoms with van der Waals surface area (Å²) in [5.41, 5.74) is 2.44. The lowest BCUT2D eigenvalue weighted by molar-refractivity contribution is 0.0631.